The Morgan fingerprint density at radius 3 is 2.91 bits per heavy atom. The molecule has 0 spiro atoms. The number of benzene rings is 1. The zero-order valence-corrected chi connectivity index (χ0v) is 13.9. The van der Waals surface area contributed by atoms with Gasteiger partial charge >= 0.3 is 5.97 Å². The summed E-state index contributed by atoms with van der Waals surface area (Å²) in [4.78, 5) is 16.5. The van der Waals surface area contributed by atoms with Gasteiger partial charge in [-0.25, -0.2) is 4.79 Å². The number of ether oxygens (including phenoxy) is 1. The Balaban J connectivity index is 2.36. The van der Waals surface area contributed by atoms with E-state index in [-0.39, 0.29) is 5.88 Å². The highest BCUT2D eigenvalue weighted by molar-refractivity contribution is 7.73. The van der Waals surface area contributed by atoms with Gasteiger partial charge in [0.25, 0.3) is 0 Å². The van der Waals surface area contributed by atoms with Crippen LogP contribution in [0.25, 0.3) is 0 Å². The van der Waals surface area contributed by atoms with Crippen LogP contribution in [0.15, 0.2) is 29.3 Å². The first-order chi connectivity index (χ1) is 10.6. The zero-order chi connectivity index (χ0) is 16.1. The molecule has 0 amide bonds. The number of carbonyl (C=O) groups excluding carboxylic acids is 1. The number of hydrogen-bond donors (Lipinski definition) is 1. The molecule has 1 aromatic heterocycles. The van der Waals surface area contributed by atoms with Crippen LogP contribution in [-0.4, -0.2) is 29.0 Å². The summed E-state index contributed by atoms with van der Waals surface area (Å²) < 4.78 is 7.00. The summed E-state index contributed by atoms with van der Waals surface area (Å²) in [6.07, 6.45) is 2.39. The van der Waals surface area contributed by atoms with Gasteiger partial charge < -0.3 is 9.84 Å². The van der Waals surface area contributed by atoms with Crippen molar-refractivity contribution in [2.75, 3.05) is 7.11 Å². The van der Waals surface area contributed by atoms with Crippen LogP contribution in [0, 0.1) is 3.95 Å². The monoisotopic (exact) mass is 336 g/mol. The van der Waals surface area contributed by atoms with E-state index in [0.29, 0.717) is 26.6 Å². The number of aromatic nitrogens is 1. The van der Waals surface area contributed by atoms with Crippen molar-refractivity contribution in [2.45, 2.75) is 19.9 Å². The van der Waals surface area contributed by atoms with Crippen molar-refractivity contribution < 1.29 is 14.6 Å². The van der Waals surface area contributed by atoms with E-state index < -0.39 is 5.97 Å². The molecule has 5 nitrogen and oxygen atoms in total. The topological polar surface area (TPSA) is 63.8 Å². The third kappa shape index (κ3) is 3.42. The van der Waals surface area contributed by atoms with E-state index >= 15 is 0 Å². The average molecular weight is 336 g/mol. The predicted octanol–water partition coefficient (Wildman–Crippen LogP) is 3.93. The fourth-order valence-electron chi connectivity index (χ4n) is 1.92. The third-order valence-electron chi connectivity index (χ3n) is 2.97. The molecule has 1 N–H and O–H groups in total. The van der Waals surface area contributed by atoms with Crippen molar-refractivity contribution in [2.24, 2.45) is 4.99 Å². The number of rotatable bonds is 5. The SMILES string of the molecule is CCCn1c(O)c(C=Nc2ccccc2C(=O)OC)sc1=S. The molecule has 2 rings (SSSR count). The lowest BCUT2D eigenvalue weighted by Crippen LogP contribution is -2.01. The maximum Gasteiger partial charge on any atom is 0.340 e. The van der Waals surface area contributed by atoms with E-state index in [0.717, 1.165) is 6.42 Å². The molecule has 7 heteroatoms. The van der Waals surface area contributed by atoms with Gasteiger partial charge in [0, 0.05) is 6.54 Å². The Morgan fingerprint density at radius 1 is 1.50 bits per heavy atom. The van der Waals surface area contributed by atoms with Gasteiger partial charge in [0.05, 0.1) is 24.6 Å². The van der Waals surface area contributed by atoms with Crippen molar-refractivity contribution >= 4 is 41.4 Å². The van der Waals surface area contributed by atoms with Crippen LogP contribution < -0.4 is 0 Å². The molecule has 2 aromatic rings. The summed E-state index contributed by atoms with van der Waals surface area (Å²) in [5.41, 5.74) is 0.854. The molecular formula is C15H16N2O3S2. The summed E-state index contributed by atoms with van der Waals surface area (Å²) in [5.74, 6) is -0.343. The van der Waals surface area contributed by atoms with Crippen LogP contribution >= 0.6 is 23.6 Å². The van der Waals surface area contributed by atoms with Gasteiger partial charge in [-0.3, -0.25) is 9.56 Å². The van der Waals surface area contributed by atoms with E-state index in [4.69, 9.17) is 17.0 Å². The van der Waals surface area contributed by atoms with Gasteiger partial charge in [0.1, 0.15) is 4.88 Å². The van der Waals surface area contributed by atoms with Gasteiger partial charge in [-0.15, -0.1) is 0 Å². The zero-order valence-electron chi connectivity index (χ0n) is 12.3. The molecule has 0 saturated carbocycles. The quantitative estimate of drug-likeness (QED) is 0.510. The normalized spacial score (nSPS) is 11.0. The predicted molar refractivity (Wildman–Crippen MR) is 90.1 cm³/mol. The van der Waals surface area contributed by atoms with Gasteiger partial charge in [-0.05, 0) is 30.8 Å². The third-order valence-corrected chi connectivity index (χ3v) is 4.34. The Morgan fingerprint density at radius 2 is 2.23 bits per heavy atom. The number of aromatic hydroxyl groups is 1. The molecule has 0 aliphatic carbocycles. The molecule has 1 heterocycles. The molecule has 0 saturated heterocycles. The molecule has 0 atom stereocenters. The van der Waals surface area contributed by atoms with Crippen LogP contribution in [0.5, 0.6) is 5.88 Å². The maximum atomic E-state index is 11.7. The highest BCUT2D eigenvalue weighted by Gasteiger charge is 2.12. The van der Waals surface area contributed by atoms with Crippen LogP contribution in [-0.2, 0) is 11.3 Å². The number of esters is 1. The minimum Gasteiger partial charge on any atom is -0.493 e. The van der Waals surface area contributed by atoms with Crippen molar-refractivity contribution in [3.8, 4) is 5.88 Å². The lowest BCUT2D eigenvalue weighted by molar-refractivity contribution is 0.0601. The molecular weight excluding hydrogens is 320 g/mol. The molecule has 0 unspecified atom stereocenters. The summed E-state index contributed by atoms with van der Waals surface area (Å²) in [6, 6.07) is 6.87. The van der Waals surface area contributed by atoms with Gasteiger partial charge in [0.15, 0.2) is 3.95 Å². The van der Waals surface area contributed by atoms with E-state index in [1.54, 1.807) is 28.8 Å². The molecule has 22 heavy (non-hydrogen) atoms. The Kier molecular flexibility index (Phi) is 5.46. The number of methoxy groups -OCH3 is 1. The Bertz CT molecular complexity index is 762. The Labute approximate surface area is 137 Å². The Hall–Kier alpha value is -1.99. The summed E-state index contributed by atoms with van der Waals surface area (Å²) >= 11 is 6.51. The minimum atomic E-state index is -0.451. The summed E-state index contributed by atoms with van der Waals surface area (Å²) in [5, 5.41) is 10.2. The van der Waals surface area contributed by atoms with Crippen LogP contribution in [0.1, 0.15) is 28.6 Å². The number of para-hydroxylation sites is 1. The lowest BCUT2D eigenvalue weighted by atomic mass is 10.2. The van der Waals surface area contributed by atoms with E-state index in [1.807, 2.05) is 6.92 Å². The second kappa shape index (κ2) is 7.33. The largest absolute Gasteiger partial charge is 0.493 e. The lowest BCUT2D eigenvalue weighted by Gasteiger charge is -2.03. The number of hydrogen-bond acceptors (Lipinski definition) is 6. The molecule has 116 valence electrons. The summed E-state index contributed by atoms with van der Waals surface area (Å²) in [6.45, 7) is 2.67. The number of nitrogens with zero attached hydrogens (tertiary/aromatic N) is 2. The van der Waals surface area contributed by atoms with Crippen molar-refractivity contribution in [3.05, 3.63) is 38.7 Å². The van der Waals surface area contributed by atoms with Gasteiger partial charge in [0.2, 0.25) is 5.88 Å². The van der Waals surface area contributed by atoms with E-state index in [2.05, 4.69) is 4.99 Å². The first-order valence-electron chi connectivity index (χ1n) is 6.72. The van der Waals surface area contributed by atoms with Crippen LogP contribution in [0.4, 0.5) is 5.69 Å². The summed E-state index contributed by atoms with van der Waals surface area (Å²) in [7, 11) is 1.32. The first kappa shape index (κ1) is 16.4. The van der Waals surface area contributed by atoms with Crippen LogP contribution in [0.2, 0.25) is 0 Å². The molecule has 1 aromatic carbocycles. The van der Waals surface area contributed by atoms with E-state index in [9.17, 15) is 9.90 Å². The molecule has 0 radical (unpaired) electrons. The fourth-order valence-corrected chi connectivity index (χ4v) is 3.15. The van der Waals surface area contributed by atoms with Crippen molar-refractivity contribution in [1.82, 2.24) is 4.57 Å². The molecule has 0 fully saturated rings. The highest BCUT2D eigenvalue weighted by atomic mass is 32.1. The average Bonchev–Trinajstić information content (AvgIpc) is 2.80. The fraction of sp³-hybridized carbons (Fsp3) is 0.267. The van der Waals surface area contributed by atoms with Crippen LogP contribution in [0.3, 0.4) is 0 Å². The number of carbonyl (C=O) groups is 1. The smallest absolute Gasteiger partial charge is 0.340 e. The number of thiazole rings is 1. The molecule has 0 aliphatic rings. The van der Waals surface area contributed by atoms with Crippen molar-refractivity contribution in [1.29, 1.82) is 0 Å². The van der Waals surface area contributed by atoms with Gasteiger partial charge in [-0.1, -0.05) is 30.4 Å². The van der Waals surface area contributed by atoms with E-state index in [1.165, 1.54) is 24.7 Å². The second-order valence-electron chi connectivity index (χ2n) is 4.47. The standard InChI is InChI=1S/C15H16N2O3S2/c1-3-8-17-13(18)12(22-15(17)21)9-16-11-7-5-4-6-10(11)14(19)20-2/h4-7,9,18H,3,8H2,1-2H3. The highest BCUT2D eigenvalue weighted by Crippen LogP contribution is 2.26. The van der Waals surface area contributed by atoms with Crippen molar-refractivity contribution in [3.63, 3.8) is 0 Å². The molecule has 0 bridgehead atoms. The molecule has 0 aliphatic heterocycles. The minimum absolute atomic E-state index is 0.108. The second-order valence-corrected chi connectivity index (χ2v) is 6.15. The first-order valence-corrected chi connectivity index (χ1v) is 7.95. The number of aliphatic imine (C=N–C) groups is 1. The maximum absolute atomic E-state index is 11.7. The van der Waals surface area contributed by atoms with Gasteiger partial charge in [-0.2, -0.15) is 0 Å².